The van der Waals surface area contributed by atoms with E-state index in [1.807, 2.05) is 37.3 Å². The first-order valence-electron chi connectivity index (χ1n) is 4.92. The lowest BCUT2D eigenvalue weighted by atomic mass is 10.1. The van der Waals surface area contributed by atoms with Crippen LogP contribution in [0.25, 0.3) is 0 Å². The Labute approximate surface area is 89.7 Å². The van der Waals surface area contributed by atoms with Crippen molar-refractivity contribution in [2.24, 2.45) is 0 Å². The first kappa shape index (κ1) is 11.3. The summed E-state index contributed by atoms with van der Waals surface area (Å²) in [6, 6.07) is 9.78. The molecular formula is C12H14N2O. The van der Waals surface area contributed by atoms with Crippen molar-refractivity contribution >= 4 is 5.91 Å². The molecule has 0 bridgehead atoms. The molecule has 0 radical (unpaired) electrons. The van der Waals surface area contributed by atoms with E-state index >= 15 is 0 Å². The molecule has 3 heteroatoms. The normalized spacial score (nSPS) is 9.33. The van der Waals surface area contributed by atoms with Crippen molar-refractivity contribution in [3.63, 3.8) is 0 Å². The molecule has 0 aliphatic rings. The van der Waals surface area contributed by atoms with E-state index < -0.39 is 0 Å². The van der Waals surface area contributed by atoms with Gasteiger partial charge in [-0.15, -0.1) is 0 Å². The molecule has 3 nitrogen and oxygen atoms in total. The second kappa shape index (κ2) is 5.82. The highest BCUT2D eigenvalue weighted by Crippen LogP contribution is 2.07. The maximum atomic E-state index is 11.4. The third-order valence-electron chi connectivity index (χ3n) is 2.17. The highest BCUT2D eigenvalue weighted by Gasteiger charge is 2.03. The average Bonchev–Trinajstić information content (AvgIpc) is 2.22. The minimum absolute atomic E-state index is 0.0282. The first-order chi connectivity index (χ1) is 7.24. The fourth-order valence-corrected chi connectivity index (χ4v) is 1.30. The number of nitriles is 1. The summed E-state index contributed by atoms with van der Waals surface area (Å²) >= 11 is 0. The smallest absolute Gasteiger partial charge is 0.224 e. The Balaban J connectivity index is 2.45. The number of nitrogens with one attached hydrogen (secondary N) is 1. The van der Waals surface area contributed by atoms with Crippen LogP contribution in [-0.2, 0) is 11.2 Å². The van der Waals surface area contributed by atoms with Gasteiger partial charge < -0.3 is 5.32 Å². The van der Waals surface area contributed by atoms with Gasteiger partial charge in [-0.05, 0) is 18.1 Å². The lowest BCUT2D eigenvalue weighted by molar-refractivity contribution is -0.120. The van der Waals surface area contributed by atoms with E-state index in [1.165, 1.54) is 0 Å². The van der Waals surface area contributed by atoms with Gasteiger partial charge >= 0.3 is 0 Å². The van der Waals surface area contributed by atoms with Crippen LogP contribution in [0.1, 0.15) is 17.5 Å². The highest BCUT2D eigenvalue weighted by atomic mass is 16.1. The van der Waals surface area contributed by atoms with Crippen molar-refractivity contribution in [2.45, 2.75) is 19.8 Å². The summed E-state index contributed by atoms with van der Waals surface area (Å²) in [6.45, 7) is 2.42. The quantitative estimate of drug-likeness (QED) is 0.753. The molecule has 0 aliphatic carbocycles. The van der Waals surface area contributed by atoms with Gasteiger partial charge in [0.25, 0.3) is 0 Å². The van der Waals surface area contributed by atoms with Crippen LogP contribution in [0.5, 0.6) is 0 Å². The Kier molecular flexibility index (Phi) is 4.36. The number of amides is 1. The molecule has 0 heterocycles. The van der Waals surface area contributed by atoms with Crippen molar-refractivity contribution in [1.29, 1.82) is 5.26 Å². The summed E-state index contributed by atoms with van der Waals surface area (Å²) in [5, 5.41) is 11.0. The Morgan fingerprint density at radius 1 is 1.47 bits per heavy atom. The van der Waals surface area contributed by atoms with E-state index in [0.29, 0.717) is 19.4 Å². The average molecular weight is 202 g/mol. The predicted molar refractivity (Wildman–Crippen MR) is 58.1 cm³/mol. The van der Waals surface area contributed by atoms with Gasteiger partial charge in [-0.2, -0.15) is 5.26 Å². The molecule has 0 spiro atoms. The zero-order valence-electron chi connectivity index (χ0n) is 8.79. The number of nitrogens with zero attached hydrogens (tertiary/aromatic N) is 1. The first-order valence-corrected chi connectivity index (χ1v) is 4.92. The summed E-state index contributed by atoms with van der Waals surface area (Å²) in [5.41, 5.74) is 2.15. The Morgan fingerprint density at radius 3 is 2.87 bits per heavy atom. The van der Waals surface area contributed by atoms with Crippen molar-refractivity contribution in [2.75, 3.05) is 6.54 Å². The van der Waals surface area contributed by atoms with Gasteiger partial charge in [-0.1, -0.05) is 24.3 Å². The standard InChI is InChI=1S/C12H14N2O/c1-10-5-2-3-6-11(10)9-12(15)14-8-4-7-13/h2-3,5-6H,4,8-9H2,1H3,(H,14,15). The lowest BCUT2D eigenvalue weighted by Crippen LogP contribution is -2.26. The fourth-order valence-electron chi connectivity index (χ4n) is 1.30. The van der Waals surface area contributed by atoms with E-state index in [2.05, 4.69) is 5.32 Å². The number of hydrogen-bond donors (Lipinski definition) is 1. The SMILES string of the molecule is Cc1ccccc1CC(=O)NCCC#N. The van der Waals surface area contributed by atoms with E-state index in [1.54, 1.807) is 0 Å². The molecule has 0 atom stereocenters. The number of benzene rings is 1. The largest absolute Gasteiger partial charge is 0.355 e. The van der Waals surface area contributed by atoms with Crippen LogP contribution in [0, 0.1) is 18.3 Å². The summed E-state index contributed by atoms with van der Waals surface area (Å²) < 4.78 is 0. The van der Waals surface area contributed by atoms with Gasteiger partial charge in [0.05, 0.1) is 18.9 Å². The van der Waals surface area contributed by atoms with Gasteiger partial charge in [0.2, 0.25) is 5.91 Å². The molecule has 0 unspecified atom stereocenters. The minimum atomic E-state index is -0.0282. The van der Waals surface area contributed by atoms with Gasteiger partial charge in [0.1, 0.15) is 0 Å². The third-order valence-corrected chi connectivity index (χ3v) is 2.17. The van der Waals surface area contributed by atoms with Crippen molar-refractivity contribution in [3.8, 4) is 6.07 Å². The Hall–Kier alpha value is -1.82. The Bertz CT molecular complexity index is 379. The second-order valence-corrected chi connectivity index (χ2v) is 3.36. The molecule has 15 heavy (non-hydrogen) atoms. The minimum Gasteiger partial charge on any atom is -0.355 e. The molecule has 0 aliphatic heterocycles. The third kappa shape index (κ3) is 3.82. The van der Waals surface area contributed by atoms with E-state index in [-0.39, 0.29) is 5.91 Å². The van der Waals surface area contributed by atoms with Crippen LogP contribution < -0.4 is 5.32 Å². The fraction of sp³-hybridized carbons (Fsp3) is 0.333. The van der Waals surface area contributed by atoms with Crippen LogP contribution >= 0.6 is 0 Å². The zero-order valence-corrected chi connectivity index (χ0v) is 8.79. The summed E-state index contributed by atoms with van der Waals surface area (Å²) in [6.07, 6.45) is 0.748. The molecule has 0 saturated carbocycles. The number of aryl methyl sites for hydroxylation is 1. The van der Waals surface area contributed by atoms with Gasteiger partial charge in [0.15, 0.2) is 0 Å². The molecule has 1 aromatic carbocycles. The maximum absolute atomic E-state index is 11.4. The van der Waals surface area contributed by atoms with E-state index in [0.717, 1.165) is 11.1 Å². The van der Waals surface area contributed by atoms with Crippen LogP contribution in [0.2, 0.25) is 0 Å². The molecule has 0 fully saturated rings. The predicted octanol–water partition coefficient (Wildman–Crippen LogP) is 1.57. The molecule has 1 amide bonds. The molecule has 0 aromatic heterocycles. The molecule has 1 aromatic rings. The molecule has 78 valence electrons. The monoisotopic (exact) mass is 202 g/mol. The Morgan fingerprint density at radius 2 is 2.20 bits per heavy atom. The van der Waals surface area contributed by atoms with Crippen LogP contribution in [-0.4, -0.2) is 12.5 Å². The van der Waals surface area contributed by atoms with Crippen LogP contribution in [0.3, 0.4) is 0 Å². The van der Waals surface area contributed by atoms with E-state index in [4.69, 9.17) is 5.26 Å². The van der Waals surface area contributed by atoms with Crippen molar-refractivity contribution in [1.82, 2.24) is 5.32 Å². The topological polar surface area (TPSA) is 52.9 Å². The second-order valence-electron chi connectivity index (χ2n) is 3.36. The summed E-state index contributed by atoms with van der Waals surface area (Å²) in [4.78, 5) is 11.4. The lowest BCUT2D eigenvalue weighted by Gasteiger charge is -2.05. The van der Waals surface area contributed by atoms with Crippen LogP contribution in [0.4, 0.5) is 0 Å². The maximum Gasteiger partial charge on any atom is 0.224 e. The van der Waals surface area contributed by atoms with Gasteiger partial charge in [-0.25, -0.2) is 0 Å². The van der Waals surface area contributed by atoms with Crippen molar-refractivity contribution in [3.05, 3.63) is 35.4 Å². The number of carbonyl (C=O) groups excluding carboxylic acids is 1. The van der Waals surface area contributed by atoms with Gasteiger partial charge in [-0.3, -0.25) is 4.79 Å². The van der Waals surface area contributed by atoms with Crippen LogP contribution in [0.15, 0.2) is 24.3 Å². The molecule has 0 saturated heterocycles. The summed E-state index contributed by atoms with van der Waals surface area (Å²) in [5.74, 6) is -0.0282. The number of hydrogen-bond acceptors (Lipinski definition) is 2. The van der Waals surface area contributed by atoms with Gasteiger partial charge in [0, 0.05) is 6.54 Å². The molecule has 1 N–H and O–H groups in total. The van der Waals surface area contributed by atoms with E-state index in [9.17, 15) is 4.79 Å². The zero-order chi connectivity index (χ0) is 11.1. The summed E-state index contributed by atoms with van der Waals surface area (Å²) in [7, 11) is 0. The van der Waals surface area contributed by atoms with Crippen molar-refractivity contribution < 1.29 is 4.79 Å². The number of carbonyl (C=O) groups is 1. The molecule has 1 rings (SSSR count). The highest BCUT2D eigenvalue weighted by molar-refractivity contribution is 5.78. The number of rotatable bonds is 4. The molecular weight excluding hydrogens is 188 g/mol.